The standard InChI is InChI=1S/C27H29ClIN3O4S/c1-3-30-27(34)25(17-20-7-5-4-6-8-20)31(18-21-9-11-22(28)12-10-21)26(33)19-32(37(2,35)36)24-15-13-23(29)14-16-24/h4-16,25H,3,17-19H2,1-2H3,(H,30,34). The van der Waals surface area contributed by atoms with E-state index in [1.807, 2.05) is 37.3 Å². The number of carbonyl (C=O) groups is 2. The lowest BCUT2D eigenvalue weighted by Crippen LogP contribution is -2.53. The number of rotatable bonds is 11. The lowest BCUT2D eigenvalue weighted by molar-refractivity contribution is -0.140. The van der Waals surface area contributed by atoms with Crippen molar-refractivity contribution in [1.82, 2.24) is 10.2 Å². The van der Waals surface area contributed by atoms with E-state index in [0.29, 0.717) is 17.3 Å². The van der Waals surface area contributed by atoms with Crippen LogP contribution in [0.3, 0.4) is 0 Å². The fourth-order valence-corrected chi connectivity index (χ4v) is 5.19. The van der Waals surface area contributed by atoms with Gasteiger partial charge < -0.3 is 10.2 Å². The van der Waals surface area contributed by atoms with E-state index in [-0.39, 0.29) is 18.9 Å². The van der Waals surface area contributed by atoms with Crippen molar-refractivity contribution >= 4 is 61.7 Å². The van der Waals surface area contributed by atoms with Gasteiger partial charge in [-0.05, 0) is 77.0 Å². The molecule has 3 aromatic rings. The van der Waals surface area contributed by atoms with E-state index in [9.17, 15) is 18.0 Å². The molecule has 7 nitrogen and oxygen atoms in total. The Hall–Kier alpha value is -2.63. The van der Waals surface area contributed by atoms with Crippen molar-refractivity contribution in [2.75, 3.05) is 23.7 Å². The zero-order chi connectivity index (χ0) is 27.0. The Morgan fingerprint density at radius 3 is 2.14 bits per heavy atom. The largest absolute Gasteiger partial charge is 0.355 e. The summed E-state index contributed by atoms with van der Waals surface area (Å²) in [5.41, 5.74) is 2.02. The van der Waals surface area contributed by atoms with Gasteiger partial charge in [0, 0.05) is 28.1 Å². The number of hydrogen-bond donors (Lipinski definition) is 1. The minimum atomic E-state index is -3.79. The van der Waals surface area contributed by atoms with Gasteiger partial charge in [-0.15, -0.1) is 0 Å². The zero-order valence-electron chi connectivity index (χ0n) is 20.6. The number of amides is 2. The van der Waals surface area contributed by atoms with Crippen LogP contribution in [-0.2, 0) is 32.6 Å². The number of sulfonamides is 1. The predicted molar refractivity (Wildman–Crippen MR) is 156 cm³/mol. The van der Waals surface area contributed by atoms with Crippen LogP contribution >= 0.6 is 34.2 Å². The van der Waals surface area contributed by atoms with E-state index >= 15 is 0 Å². The van der Waals surface area contributed by atoms with Crippen molar-refractivity contribution in [3.63, 3.8) is 0 Å². The Kier molecular flexibility index (Phi) is 10.4. The Morgan fingerprint density at radius 2 is 1.57 bits per heavy atom. The van der Waals surface area contributed by atoms with E-state index in [2.05, 4.69) is 27.9 Å². The first-order chi connectivity index (χ1) is 17.6. The molecule has 0 fully saturated rings. The molecule has 3 aromatic carbocycles. The van der Waals surface area contributed by atoms with Crippen LogP contribution in [0.5, 0.6) is 0 Å². The monoisotopic (exact) mass is 653 g/mol. The molecule has 0 radical (unpaired) electrons. The molecule has 0 aliphatic heterocycles. The van der Waals surface area contributed by atoms with Gasteiger partial charge in [-0.1, -0.05) is 54.1 Å². The maximum absolute atomic E-state index is 13.9. The zero-order valence-corrected chi connectivity index (χ0v) is 24.3. The van der Waals surface area contributed by atoms with E-state index in [1.54, 1.807) is 48.5 Å². The Balaban J connectivity index is 2.02. The van der Waals surface area contributed by atoms with E-state index in [1.165, 1.54) is 4.90 Å². The summed E-state index contributed by atoms with van der Waals surface area (Å²) in [6.07, 6.45) is 1.33. The number of likely N-dealkylation sites (N-methyl/N-ethyl adjacent to an activating group) is 1. The van der Waals surface area contributed by atoms with Crippen molar-refractivity contribution in [3.8, 4) is 0 Å². The first-order valence-corrected chi connectivity index (χ1v) is 15.0. The van der Waals surface area contributed by atoms with Crippen LogP contribution in [0.15, 0.2) is 78.9 Å². The first-order valence-electron chi connectivity index (χ1n) is 11.7. The summed E-state index contributed by atoms with van der Waals surface area (Å²) in [7, 11) is -3.79. The number of anilines is 1. The minimum absolute atomic E-state index is 0.106. The van der Waals surface area contributed by atoms with Crippen molar-refractivity contribution in [1.29, 1.82) is 0 Å². The molecule has 196 valence electrons. The molecule has 10 heteroatoms. The van der Waals surface area contributed by atoms with Crippen LogP contribution in [0.1, 0.15) is 18.1 Å². The van der Waals surface area contributed by atoms with Crippen LogP contribution in [0, 0.1) is 3.57 Å². The molecule has 0 spiro atoms. The predicted octanol–water partition coefficient (Wildman–Crippen LogP) is 4.49. The maximum Gasteiger partial charge on any atom is 0.244 e. The van der Waals surface area contributed by atoms with Gasteiger partial charge in [0.15, 0.2) is 0 Å². The van der Waals surface area contributed by atoms with Gasteiger partial charge in [0.1, 0.15) is 12.6 Å². The molecule has 0 saturated carbocycles. The average Bonchev–Trinajstić information content (AvgIpc) is 2.86. The second kappa shape index (κ2) is 13.3. The summed E-state index contributed by atoms with van der Waals surface area (Å²) in [5.74, 6) is -0.806. The third-order valence-electron chi connectivity index (χ3n) is 5.68. The molecular weight excluding hydrogens is 625 g/mol. The summed E-state index contributed by atoms with van der Waals surface area (Å²) < 4.78 is 27.5. The molecule has 0 bridgehead atoms. The molecule has 0 heterocycles. The highest BCUT2D eigenvalue weighted by molar-refractivity contribution is 14.1. The van der Waals surface area contributed by atoms with Crippen LogP contribution in [0.25, 0.3) is 0 Å². The SMILES string of the molecule is CCNC(=O)C(Cc1ccccc1)N(Cc1ccc(Cl)cc1)C(=O)CN(c1ccc(I)cc1)S(C)(=O)=O. The number of hydrogen-bond acceptors (Lipinski definition) is 4. The van der Waals surface area contributed by atoms with Crippen LogP contribution < -0.4 is 9.62 Å². The van der Waals surface area contributed by atoms with Gasteiger partial charge in [0.2, 0.25) is 21.8 Å². The highest BCUT2D eigenvalue weighted by atomic mass is 127. The van der Waals surface area contributed by atoms with Gasteiger partial charge >= 0.3 is 0 Å². The number of carbonyl (C=O) groups excluding carboxylic acids is 2. The number of nitrogens with zero attached hydrogens (tertiary/aromatic N) is 2. The highest BCUT2D eigenvalue weighted by Gasteiger charge is 2.32. The molecule has 1 unspecified atom stereocenters. The number of nitrogens with one attached hydrogen (secondary N) is 1. The fourth-order valence-electron chi connectivity index (χ4n) is 3.85. The second-order valence-electron chi connectivity index (χ2n) is 8.49. The molecule has 2 amide bonds. The van der Waals surface area contributed by atoms with Crippen molar-refractivity contribution in [3.05, 3.63) is 98.6 Å². The highest BCUT2D eigenvalue weighted by Crippen LogP contribution is 2.22. The molecule has 37 heavy (non-hydrogen) atoms. The molecule has 3 rings (SSSR count). The van der Waals surface area contributed by atoms with Crippen molar-refractivity contribution in [2.24, 2.45) is 0 Å². The van der Waals surface area contributed by atoms with Crippen molar-refractivity contribution < 1.29 is 18.0 Å². The van der Waals surface area contributed by atoms with Gasteiger partial charge in [-0.2, -0.15) is 0 Å². The number of halogens is 2. The normalized spacial score (nSPS) is 12.0. The molecule has 0 saturated heterocycles. The molecule has 1 atom stereocenters. The van der Waals surface area contributed by atoms with Gasteiger partial charge in [-0.25, -0.2) is 8.42 Å². The smallest absolute Gasteiger partial charge is 0.244 e. The molecule has 1 N–H and O–H groups in total. The summed E-state index contributed by atoms with van der Waals surface area (Å²) >= 11 is 8.18. The fraction of sp³-hybridized carbons (Fsp3) is 0.259. The summed E-state index contributed by atoms with van der Waals surface area (Å²) in [5, 5.41) is 3.38. The quantitative estimate of drug-likeness (QED) is 0.309. The van der Waals surface area contributed by atoms with Crippen LogP contribution in [0.4, 0.5) is 5.69 Å². The van der Waals surface area contributed by atoms with Gasteiger partial charge in [-0.3, -0.25) is 13.9 Å². The van der Waals surface area contributed by atoms with Gasteiger partial charge in [0.25, 0.3) is 0 Å². The summed E-state index contributed by atoms with van der Waals surface area (Å²) in [6, 6.07) is 22.4. The van der Waals surface area contributed by atoms with E-state index in [0.717, 1.165) is 25.3 Å². The third-order valence-corrected chi connectivity index (χ3v) is 7.79. The van der Waals surface area contributed by atoms with Crippen LogP contribution in [-0.4, -0.2) is 50.5 Å². The van der Waals surface area contributed by atoms with Crippen molar-refractivity contribution in [2.45, 2.75) is 25.9 Å². The average molecular weight is 654 g/mol. The molecule has 0 aromatic heterocycles. The minimum Gasteiger partial charge on any atom is -0.355 e. The number of benzene rings is 3. The van der Waals surface area contributed by atoms with E-state index in [4.69, 9.17) is 11.6 Å². The molecule has 0 aliphatic carbocycles. The Morgan fingerprint density at radius 1 is 0.946 bits per heavy atom. The lowest BCUT2D eigenvalue weighted by Gasteiger charge is -2.33. The van der Waals surface area contributed by atoms with E-state index < -0.39 is 28.5 Å². The summed E-state index contributed by atoms with van der Waals surface area (Å²) in [6.45, 7) is 1.86. The Labute approximate surface area is 237 Å². The summed E-state index contributed by atoms with van der Waals surface area (Å²) in [4.78, 5) is 28.6. The maximum atomic E-state index is 13.9. The molecular formula is C27H29ClIN3O4S. The second-order valence-corrected chi connectivity index (χ2v) is 12.1. The third kappa shape index (κ3) is 8.44. The van der Waals surface area contributed by atoms with Gasteiger partial charge in [0.05, 0.1) is 11.9 Å². The first kappa shape index (κ1) is 28.9. The molecule has 0 aliphatic rings. The van der Waals surface area contributed by atoms with Crippen LogP contribution in [0.2, 0.25) is 5.02 Å². The topological polar surface area (TPSA) is 86.8 Å². The Bertz CT molecular complexity index is 1300. The lowest BCUT2D eigenvalue weighted by atomic mass is 10.0.